The number of nitrogens with one attached hydrogen (secondary N) is 1. The van der Waals surface area contributed by atoms with E-state index in [1.165, 1.54) is 0 Å². The van der Waals surface area contributed by atoms with E-state index in [0.717, 1.165) is 64.9 Å². The van der Waals surface area contributed by atoms with Crippen LogP contribution in [0.5, 0.6) is 0 Å². The van der Waals surface area contributed by atoms with E-state index in [2.05, 4.69) is 20.4 Å². The minimum Gasteiger partial charge on any atom is -0.376 e. The molecule has 1 N–H and O–H groups in total. The van der Waals surface area contributed by atoms with Crippen molar-refractivity contribution >= 4 is 11.8 Å². The predicted octanol–water partition coefficient (Wildman–Crippen LogP) is 0.813. The van der Waals surface area contributed by atoms with Crippen LogP contribution in [0.3, 0.4) is 0 Å². The Morgan fingerprint density at radius 3 is 2.86 bits per heavy atom. The Hall–Kier alpha value is -2.00. The van der Waals surface area contributed by atoms with Crippen LogP contribution in [-0.4, -0.2) is 77.7 Å². The van der Waals surface area contributed by atoms with Crippen molar-refractivity contribution in [3.63, 3.8) is 0 Å². The second kappa shape index (κ2) is 8.16. The standard InChI is InChI=1S/C19H29N5O4/c1-20-18(26)17-21-15(28-22-17)12-23-8-6-19(7-9-23)5-4-16(25)24(13-19)11-14-3-2-10-27-14/h14H,2-13H2,1H3,(H,20,26). The Labute approximate surface area is 164 Å². The fraction of sp³-hybridized carbons (Fsp3) is 0.789. The summed E-state index contributed by atoms with van der Waals surface area (Å²) in [5.74, 6) is 0.469. The second-order valence-corrected chi connectivity index (χ2v) is 8.28. The topological polar surface area (TPSA) is 101 Å². The van der Waals surface area contributed by atoms with Crippen LogP contribution < -0.4 is 5.32 Å². The first kappa shape index (κ1) is 19.3. The molecule has 4 rings (SSSR count). The van der Waals surface area contributed by atoms with Crippen molar-refractivity contribution in [3.8, 4) is 0 Å². The molecule has 1 unspecified atom stereocenters. The molecule has 1 aromatic rings. The number of amides is 2. The number of aromatic nitrogens is 2. The molecule has 0 aromatic carbocycles. The highest BCUT2D eigenvalue weighted by Gasteiger charge is 2.41. The molecule has 0 aliphatic carbocycles. The lowest BCUT2D eigenvalue weighted by Gasteiger charge is -2.47. The van der Waals surface area contributed by atoms with Gasteiger partial charge in [-0.1, -0.05) is 5.16 Å². The smallest absolute Gasteiger partial charge is 0.292 e. The summed E-state index contributed by atoms with van der Waals surface area (Å²) in [5, 5.41) is 6.21. The van der Waals surface area contributed by atoms with E-state index in [0.29, 0.717) is 18.9 Å². The molecule has 1 atom stereocenters. The van der Waals surface area contributed by atoms with Gasteiger partial charge < -0.3 is 19.5 Å². The van der Waals surface area contributed by atoms with Crippen molar-refractivity contribution < 1.29 is 18.8 Å². The maximum atomic E-state index is 12.4. The van der Waals surface area contributed by atoms with Gasteiger partial charge in [0, 0.05) is 33.2 Å². The zero-order chi connectivity index (χ0) is 19.6. The fourth-order valence-corrected chi connectivity index (χ4v) is 4.61. The summed E-state index contributed by atoms with van der Waals surface area (Å²) in [6, 6.07) is 0. The number of hydrogen-bond acceptors (Lipinski definition) is 7. The third-order valence-corrected chi connectivity index (χ3v) is 6.37. The van der Waals surface area contributed by atoms with Gasteiger partial charge in [0.05, 0.1) is 12.6 Å². The molecule has 9 heteroatoms. The molecule has 0 bridgehead atoms. The van der Waals surface area contributed by atoms with Crippen LogP contribution >= 0.6 is 0 Å². The van der Waals surface area contributed by atoms with Crippen molar-refractivity contribution in [3.05, 3.63) is 11.7 Å². The maximum Gasteiger partial charge on any atom is 0.292 e. The highest BCUT2D eigenvalue weighted by atomic mass is 16.5. The van der Waals surface area contributed by atoms with Crippen molar-refractivity contribution in [1.29, 1.82) is 0 Å². The van der Waals surface area contributed by atoms with Crippen LogP contribution in [0.15, 0.2) is 4.52 Å². The summed E-state index contributed by atoms with van der Waals surface area (Å²) >= 11 is 0. The molecular formula is C19H29N5O4. The third-order valence-electron chi connectivity index (χ3n) is 6.37. The van der Waals surface area contributed by atoms with Gasteiger partial charge in [-0.15, -0.1) is 0 Å². The fourth-order valence-electron chi connectivity index (χ4n) is 4.61. The molecule has 2 amide bonds. The molecule has 3 fully saturated rings. The summed E-state index contributed by atoms with van der Waals surface area (Å²) in [6.07, 6.45) is 6.11. The molecule has 0 radical (unpaired) electrons. The number of rotatable bonds is 5. The second-order valence-electron chi connectivity index (χ2n) is 8.28. The van der Waals surface area contributed by atoms with E-state index in [4.69, 9.17) is 9.26 Å². The van der Waals surface area contributed by atoms with E-state index < -0.39 is 0 Å². The van der Waals surface area contributed by atoms with E-state index in [-0.39, 0.29) is 29.2 Å². The molecule has 28 heavy (non-hydrogen) atoms. The number of nitrogens with zero attached hydrogens (tertiary/aromatic N) is 4. The molecule has 1 spiro atoms. The summed E-state index contributed by atoms with van der Waals surface area (Å²) in [5.41, 5.74) is 0.213. The minimum atomic E-state index is -0.342. The van der Waals surface area contributed by atoms with Gasteiger partial charge in [-0.05, 0) is 50.6 Å². The van der Waals surface area contributed by atoms with E-state index in [9.17, 15) is 9.59 Å². The van der Waals surface area contributed by atoms with Gasteiger partial charge in [0.2, 0.25) is 11.8 Å². The first-order valence-corrected chi connectivity index (χ1v) is 10.2. The lowest BCUT2D eigenvalue weighted by molar-refractivity contribution is -0.141. The van der Waals surface area contributed by atoms with E-state index in [1.54, 1.807) is 7.05 Å². The molecule has 1 aromatic heterocycles. The quantitative estimate of drug-likeness (QED) is 0.793. The molecule has 3 saturated heterocycles. The number of piperidine rings is 2. The average molecular weight is 391 g/mol. The summed E-state index contributed by atoms with van der Waals surface area (Å²) in [4.78, 5) is 32.4. The van der Waals surface area contributed by atoms with Gasteiger partial charge in [-0.25, -0.2) is 0 Å². The number of ether oxygens (including phenoxy) is 1. The van der Waals surface area contributed by atoms with Crippen LogP contribution in [0.1, 0.15) is 55.0 Å². The van der Waals surface area contributed by atoms with Crippen LogP contribution in [0, 0.1) is 5.41 Å². The third kappa shape index (κ3) is 4.20. The minimum absolute atomic E-state index is 0.0709. The maximum absolute atomic E-state index is 12.4. The largest absolute Gasteiger partial charge is 0.376 e. The molecule has 3 aliphatic heterocycles. The summed E-state index contributed by atoms with van der Waals surface area (Å²) in [6.45, 7) is 4.83. The Bertz CT molecular complexity index is 707. The van der Waals surface area contributed by atoms with Gasteiger partial charge >= 0.3 is 0 Å². The van der Waals surface area contributed by atoms with Gasteiger partial charge in [0.1, 0.15) is 0 Å². The Morgan fingerprint density at radius 2 is 2.14 bits per heavy atom. The highest BCUT2D eigenvalue weighted by Crippen LogP contribution is 2.40. The van der Waals surface area contributed by atoms with Crippen LogP contribution in [-0.2, 0) is 16.1 Å². The summed E-state index contributed by atoms with van der Waals surface area (Å²) < 4.78 is 10.9. The SMILES string of the molecule is CNC(=O)c1noc(CN2CCC3(CCC(=O)N(CC4CCCO4)C3)CC2)n1. The number of carbonyl (C=O) groups excluding carboxylic acids is 2. The van der Waals surface area contributed by atoms with Gasteiger partial charge in [0.15, 0.2) is 0 Å². The summed E-state index contributed by atoms with van der Waals surface area (Å²) in [7, 11) is 1.54. The molecule has 0 saturated carbocycles. The predicted molar refractivity (Wildman–Crippen MR) is 99.4 cm³/mol. The Morgan fingerprint density at radius 1 is 1.32 bits per heavy atom. The lowest BCUT2D eigenvalue weighted by atomic mass is 9.72. The van der Waals surface area contributed by atoms with Crippen LogP contribution in [0.25, 0.3) is 0 Å². The van der Waals surface area contributed by atoms with Crippen LogP contribution in [0.4, 0.5) is 0 Å². The highest BCUT2D eigenvalue weighted by molar-refractivity contribution is 5.89. The van der Waals surface area contributed by atoms with Gasteiger partial charge in [0.25, 0.3) is 11.7 Å². The van der Waals surface area contributed by atoms with Crippen molar-refractivity contribution in [2.24, 2.45) is 5.41 Å². The van der Waals surface area contributed by atoms with Crippen LogP contribution in [0.2, 0.25) is 0 Å². The Kier molecular flexibility index (Phi) is 5.63. The molecule has 3 aliphatic rings. The zero-order valence-corrected chi connectivity index (χ0v) is 16.5. The molecule has 154 valence electrons. The number of likely N-dealkylation sites (tertiary alicyclic amines) is 2. The average Bonchev–Trinajstić information content (AvgIpc) is 3.38. The normalized spacial score (nSPS) is 25.4. The van der Waals surface area contributed by atoms with Gasteiger partial charge in [-0.2, -0.15) is 4.98 Å². The van der Waals surface area contributed by atoms with Gasteiger partial charge in [-0.3, -0.25) is 14.5 Å². The van der Waals surface area contributed by atoms with E-state index >= 15 is 0 Å². The van der Waals surface area contributed by atoms with Crippen molar-refractivity contribution in [1.82, 2.24) is 25.3 Å². The number of hydrogen-bond donors (Lipinski definition) is 1. The first-order valence-electron chi connectivity index (χ1n) is 10.2. The molecule has 4 heterocycles. The molecule has 9 nitrogen and oxygen atoms in total. The van der Waals surface area contributed by atoms with Crippen molar-refractivity contribution in [2.75, 3.05) is 39.8 Å². The van der Waals surface area contributed by atoms with E-state index in [1.807, 2.05) is 4.90 Å². The van der Waals surface area contributed by atoms with Crippen molar-refractivity contribution in [2.45, 2.75) is 51.2 Å². The monoisotopic (exact) mass is 391 g/mol. The zero-order valence-electron chi connectivity index (χ0n) is 16.5. The molecular weight excluding hydrogens is 362 g/mol. The lowest BCUT2D eigenvalue weighted by Crippen LogP contribution is -2.52. The Balaban J connectivity index is 1.30. The number of carbonyl (C=O) groups is 2. The first-order chi connectivity index (χ1) is 13.6.